The zero-order valence-corrected chi connectivity index (χ0v) is 11.3. The molecule has 0 unspecified atom stereocenters. The molecule has 0 aliphatic heterocycles. The lowest BCUT2D eigenvalue weighted by molar-refractivity contribution is 0.660. The quantitative estimate of drug-likeness (QED) is 0.830. The summed E-state index contributed by atoms with van der Waals surface area (Å²) in [6, 6.07) is 5.92. The van der Waals surface area contributed by atoms with Gasteiger partial charge >= 0.3 is 0 Å². The van der Waals surface area contributed by atoms with Crippen LogP contribution in [0, 0.1) is 6.92 Å². The van der Waals surface area contributed by atoms with Crippen LogP contribution < -0.4 is 11.1 Å². The van der Waals surface area contributed by atoms with Crippen LogP contribution in [0.15, 0.2) is 30.6 Å². The summed E-state index contributed by atoms with van der Waals surface area (Å²) >= 11 is 4.99. The maximum absolute atomic E-state index is 5.64. The van der Waals surface area contributed by atoms with Gasteiger partial charge in [-0.2, -0.15) is 5.10 Å². The normalized spacial score (nSPS) is 10.3. The molecule has 5 heteroatoms. The number of nitrogens with two attached hydrogens (primary N) is 1. The zero-order chi connectivity index (χ0) is 13.1. The van der Waals surface area contributed by atoms with Gasteiger partial charge in [-0.25, -0.2) is 0 Å². The second-order valence-corrected chi connectivity index (χ2v) is 4.54. The second kappa shape index (κ2) is 5.18. The van der Waals surface area contributed by atoms with Crippen molar-refractivity contribution in [1.29, 1.82) is 0 Å². The van der Waals surface area contributed by atoms with E-state index in [2.05, 4.69) is 17.3 Å². The number of hydrogen-bond acceptors (Lipinski definition) is 3. The molecule has 2 rings (SSSR count). The topological polar surface area (TPSA) is 55.9 Å². The third-order valence-electron chi connectivity index (χ3n) is 2.74. The van der Waals surface area contributed by atoms with Crippen LogP contribution >= 0.6 is 12.2 Å². The fourth-order valence-electron chi connectivity index (χ4n) is 1.79. The lowest BCUT2D eigenvalue weighted by atomic mass is 10.1. The van der Waals surface area contributed by atoms with Gasteiger partial charge in [0.05, 0.1) is 11.9 Å². The maximum atomic E-state index is 5.64. The van der Waals surface area contributed by atoms with E-state index in [1.165, 1.54) is 0 Å². The minimum atomic E-state index is 0.429. The van der Waals surface area contributed by atoms with Gasteiger partial charge in [0, 0.05) is 24.0 Å². The Morgan fingerprint density at radius 1 is 1.44 bits per heavy atom. The molecule has 0 radical (unpaired) electrons. The molecule has 1 aromatic carbocycles. The summed E-state index contributed by atoms with van der Waals surface area (Å²) in [5.41, 5.74) is 9.59. The molecule has 18 heavy (non-hydrogen) atoms. The van der Waals surface area contributed by atoms with Crippen LogP contribution in [-0.2, 0) is 6.54 Å². The van der Waals surface area contributed by atoms with E-state index in [0.717, 1.165) is 29.0 Å². The van der Waals surface area contributed by atoms with Crippen LogP contribution in [0.3, 0.4) is 0 Å². The standard InChI is InChI=1S/C13H16N4S/c1-3-17-8-11(7-15-17)16-10-4-5-12(13(14)18)9(2)6-10/h4-8,16H,3H2,1-2H3,(H2,14,18). The van der Waals surface area contributed by atoms with E-state index in [9.17, 15) is 0 Å². The molecule has 1 aromatic heterocycles. The van der Waals surface area contributed by atoms with Crippen molar-refractivity contribution in [3.63, 3.8) is 0 Å². The Kier molecular flexibility index (Phi) is 3.62. The average Bonchev–Trinajstić information content (AvgIpc) is 2.76. The number of benzene rings is 1. The van der Waals surface area contributed by atoms with Gasteiger partial charge in [0.15, 0.2) is 0 Å². The van der Waals surface area contributed by atoms with Crippen LogP contribution in [0.1, 0.15) is 18.1 Å². The Morgan fingerprint density at radius 3 is 2.78 bits per heavy atom. The van der Waals surface area contributed by atoms with Gasteiger partial charge in [-0.05, 0) is 37.6 Å². The summed E-state index contributed by atoms with van der Waals surface area (Å²) in [4.78, 5) is 0.429. The largest absolute Gasteiger partial charge is 0.389 e. The molecule has 0 spiro atoms. The first-order valence-electron chi connectivity index (χ1n) is 5.80. The molecular formula is C13H16N4S. The number of thiocarbonyl (C=S) groups is 1. The molecule has 0 saturated heterocycles. The van der Waals surface area contributed by atoms with Crippen LogP contribution in [0.2, 0.25) is 0 Å². The van der Waals surface area contributed by atoms with E-state index >= 15 is 0 Å². The van der Waals surface area contributed by atoms with Gasteiger partial charge in [0.1, 0.15) is 4.99 Å². The van der Waals surface area contributed by atoms with Crippen molar-refractivity contribution in [3.05, 3.63) is 41.7 Å². The van der Waals surface area contributed by atoms with Crippen molar-refractivity contribution < 1.29 is 0 Å². The van der Waals surface area contributed by atoms with Crippen molar-refractivity contribution >= 4 is 28.6 Å². The van der Waals surface area contributed by atoms with Crippen LogP contribution in [0.25, 0.3) is 0 Å². The average molecular weight is 260 g/mol. The summed E-state index contributed by atoms with van der Waals surface area (Å²) < 4.78 is 1.87. The fourth-order valence-corrected chi connectivity index (χ4v) is 2.01. The number of aryl methyl sites for hydroxylation is 2. The van der Waals surface area contributed by atoms with E-state index in [0.29, 0.717) is 4.99 Å². The smallest absolute Gasteiger partial charge is 0.104 e. The second-order valence-electron chi connectivity index (χ2n) is 4.10. The molecule has 0 amide bonds. The van der Waals surface area contributed by atoms with Crippen LogP contribution in [-0.4, -0.2) is 14.8 Å². The van der Waals surface area contributed by atoms with Crippen molar-refractivity contribution in [1.82, 2.24) is 9.78 Å². The summed E-state index contributed by atoms with van der Waals surface area (Å²) in [6.07, 6.45) is 3.77. The molecule has 2 aromatic rings. The lowest BCUT2D eigenvalue weighted by Gasteiger charge is -2.08. The monoisotopic (exact) mass is 260 g/mol. The highest BCUT2D eigenvalue weighted by atomic mass is 32.1. The Bertz CT molecular complexity index is 574. The van der Waals surface area contributed by atoms with Gasteiger partial charge in [0.2, 0.25) is 0 Å². The number of anilines is 2. The predicted octanol–water partition coefficient (Wildman–Crippen LogP) is 2.59. The molecule has 4 nitrogen and oxygen atoms in total. The van der Waals surface area contributed by atoms with E-state index in [1.54, 1.807) is 6.20 Å². The molecule has 0 bridgehead atoms. The SMILES string of the molecule is CCn1cc(Nc2ccc(C(N)=S)c(C)c2)cn1. The third-order valence-corrected chi connectivity index (χ3v) is 2.96. The first-order chi connectivity index (χ1) is 8.60. The highest BCUT2D eigenvalue weighted by Gasteiger charge is 2.03. The number of nitrogens with one attached hydrogen (secondary N) is 1. The Hall–Kier alpha value is -1.88. The van der Waals surface area contributed by atoms with Gasteiger partial charge in [-0.1, -0.05) is 12.2 Å². The minimum Gasteiger partial charge on any atom is -0.389 e. The molecule has 0 aliphatic carbocycles. The summed E-state index contributed by atoms with van der Waals surface area (Å²) in [7, 11) is 0. The predicted molar refractivity (Wildman–Crippen MR) is 78.3 cm³/mol. The highest BCUT2D eigenvalue weighted by molar-refractivity contribution is 7.80. The van der Waals surface area contributed by atoms with Gasteiger partial charge in [-0.3, -0.25) is 4.68 Å². The zero-order valence-electron chi connectivity index (χ0n) is 10.5. The number of hydrogen-bond donors (Lipinski definition) is 2. The number of rotatable bonds is 4. The van der Waals surface area contributed by atoms with Crippen LogP contribution in [0.4, 0.5) is 11.4 Å². The molecule has 0 atom stereocenters. The van der Waals surface area contributed by atoms with Crippen molar-refractivity contribution in [3.8, 4) is 0 Å². The summed E-state index contributed by atoms with van der Waals surface area (Å²) in [5.74, 6) is 0. The van der Waals surface area contributed by atoms with Crippen molar-refractivity contribution in [2.45, 2.75) is 20.4 Å². The van der Waals surface area contributed by atoms with Crippen LogP contribution in [0.5, 0.6) is 0 Å². The Labute approximate surface area is 112 Å². The van der Waals surface area contributed by atoms with E-state index in [4.69, 9.17) is 18.0 Å². The Balaban J connectivity index is 2.19. The molecule has 94 valence electrons. The Morgan fingerprint density at radius 2 is 2.22 bits per heavy atom. The molecule has 0 saturated carbocycles. The first-order valence-corrected chi connectivity index (χ1v) is 6.21. The van der Waals surface area contributed by atoms with E-state index < -0.39 is 0 Å². The van der Waals surface area contributed by atoms with Gasteiger partial charge < -0.3 is 11.1 Å². The van der Waals surface area contributed by atoms with E-state index in [-0.39, 0.29) is 0 Å². The summed E-state index contributed by atoms with van der Waals surface area (Å²) in [5, 5.41) is 7.51. The molecule has 0 aliphatic rings. The third kappa shape index (κ3) is 2.68. The maximum Gasteiger partial charge on any atom is 0.104 e. The number of nitrogens with zero attached hydrogens (tertiary/aromatic N) is 2. The first kappa shape index (κ1) is 12.6. The summed E-state index contributed by atoms with van der Waals surface area (Å²) in [6.45, 7) is 4.91. The van der Waals surface area contributed by atoms with Crippen molar-refractivity contribution in [2.75, 3.05) is 5.32 Å². The van der Waals surface area contributed by atoms with Gasteiger partial charge in [0.25, 0.3) is 0 Å². The number of aromatic nitrogens is 2. The molecule has 3 N–H and O–H groups in total. The lowest BCUT2D eigenvalue weighted by Crippen LogP contribution is -2.11. The molecular weight excluding hydrogens is 244 g/mol. The van der Waals surface area contributed by atoms with Crippen molar-refractivity contribution in [2.24, 2.45) is 5.73 Å². The van der Waals surface area contributed by atoms with E-state index in [1.807, 2.05) is 36.0 Å². The molecule has 1 heterocycles. The highest BCUT2D eigenvalue weighted by Crippen LogP contribution is 2.19. The minimum absolute atomic E-state index is 0.429. The molecule has 0 fully saturated rings. The fraction of sp³-hybridized carbons (Fsp3) is 0.231. The van der Waals surface area contributed by atoms with Gasteiger partial charge in [-0.15, -0.1) is 0 Å².